The summed E-state index contributed by atoms with van der Waals surface area (Å²) in [6.45, 7) is 3.04. The second-order valence-corrected chi connectivity index (χ2v) is 4.85. The molecule has 0 radical (unpaired) electrons. The molecule has 3 rings (SSSR count). The van der Waals surface area contributed by atoms with E-state index in [4.69, 9.17) is 10.00 Å². The van der Waals surface area contributed by atoms with Crippen LogP contribution in [0.3, 0.4) is 0 Å². The molecule has 2 aromatic rings. The largest absolute Gasteiger partial charge is 0.381 e. The highest BCUT2D eigenvalue weighted by Gasteiger charge is 2.16. The summed E-state index contributed by atoms with van der Waals surface area (Å²) < 4.78 is 7.10. The first-order valence-corrected chi connectivity index (χ1v) is 6.73. The Morgan fingerprint density at radius 2 is 2.45 bits per heavy atom. The summed E-state index contributed by atoms with van der Waals surface area (Å²) in [5.74, 6) is 1.33. The second-order valence-electron chi connectivity index (χ2n) is 4.85. The smallest absolute Gasteiger partial charge is 0.163 e. The van der Waals surface area contributed by atoms with E-state index in [0.29, 0.717) is 18.9 Å². The highest BCUT2D eigenvalue weighted by molar-refractivity contribution is 5.86. The van der Waals surface area contributed by atoms with Crippen molar-refractivity contribution < 1.29 is 4.74 Å². The average Bonchev–Trinajstić information content (AvgIpc) is 3.12. The van der Waals surface area contributed by atoms with E-state index in [-0.39, 0.29) is 0 Å². The van der Waals surface area contributed by atoms with Gasteiger partial charge in [0.05, 0.1) is 37.2 Å². The third kappa shape index (κ3) is 2.56. The van der Waals surface area contributed by atoms with Gasteiger partial charge in [0.15, 0.2) is 5.65 Å². The number of aryl methyl sites for hydroxylation is 1. The third-order valence-electron chi connectivity index (χ3n) is 3.45. The molecule has 0 bridgehead atoms. The predicted molar refractivity (Wildman–Crippen MR) is 73.0 cm³/mol. The number of rotatable bonds is 5. The zero-order chi connectivity index (χ0) is 13.8. The molecule has 2 aromatic heterocycles. The topological polar surface area (TPSA) is 88.7 Å². The fourth-order valence-electron chi connectivity index (χ4n) is 2.34. The third-order valence-corrected chi connectivity index (χ3v) is 3.45. The summed E-state index contributed by atoms with van der Waals surface area (Å²) in [5.41, 5.74) is 0.764. The van der Waals surface area contributed by atoms with Crippen LogP contribution >= 0.6 is 0 Å². The molecule has 1 aliphatic heterocycles. The first-order chi connectivity index (χ1) is 9.88. The molecular formula is C13H16N6O. The Hall–Kier alpha value is -2.20. The number of hydrogen-bond donors (Lipinski definition) is 1. The van der Waals surface area contributed by atoms with Gasteiger partial charge in [-0.2, -0.15) is 10.4 Å². The van der Waals surface area contributed by atoms with Crippen molar-refractivity contribution >= 4 is 16.9 Å². The quantitative estimate of drug-likeness (QED) is 0.879. The summed E-state index contributed by atoms with van der Waals surface area (Å²) in [7, 11) is 0. The maximum atomic E-state index is 8.65. The fraction of sp³-hybridized carbons (Fsp3) is 0.538. The molecule has 0 aromatic carbocycles. The van der Waals surface area contributed by atoms with Crippen LogP contribution in [-0.4, -0.2) is 39.5 Å². The summed E-state index contributed by atoms with van der Waals surface area (Å²) in [4.78, 5) is 8.53. The van der Waals surface area contributed by atoms with Crippen molar-refractivity contribution in [3.8, 4) is 6.07 Å². The number of nitrogens with one attached hydrogen (secondary N) is 1. The number of anilines is 1. The molecule has 104 valence electrons. The molecule has 20 heavy (non-hydrogen) atoms. The molecule has 0 unspecified atom stereocenters. The van der Waals surface area contributed by atoms with Crippen molar-refractivity contribution in [1.82, 2.24) is 19.7 Å². The summed E-state index contributed by atoms with van der Waals surface area (Å²) in [6.07, 6.45) is 4.78. The van der Waals surface area contributed by atoms with E-state index in [2.05, 4.69) is 26.5 Å². The highest BCUT2D eigenvalue weighted by atomic mass is 16.5. The van der Waals surface area contributed by atoms with Crippen LogP contribution < -0.4 is 5.32 Å². The standard InChI is InChI=1S/C13H16N6O/c14-3-1-4-19-13-11(7-18-19)12(16-9-17-13)15-6-10-2-5-20-8-10/h7,9-10H,1-2,4-6,8H2,(H,15,16,17)/t10-/m1/s1. The lowest BCUT2D eigenvalue weighted by Gasteiger charge is -2.10. The van der Waals surface area contributed by atoms with Gasteiger partial charge < -0.3 is 10.1 Å². The number of fused-ring (bicyclic) bond motifs is 1. The fourth-order valence-corrected chi connectivity index (χ4v) is 2.34. The lowest BCUT2D eigenvalue weighted by Crippen LogP contribution is -2.15. The molecule has 1 fully saturated rings. The minimum atomic E-state index is 0.420. The molecule has 3 heterocycles. The number of ether oxygens (including phenoxy) is 1. The van der Waals surface area contributed by atoms with Crippen molar-refractivity contribution in [1.29, 1.82) is 5.26 Å². The Morgan fingerprint density at radius 1 is 1.50 bits per heavy atom. The molecule has 0 saturated carbocycles. The molecule has 0 amide bonds. The molecular weight excluding hydrogens is 256 g/mol. The van der Waals surface area contributed by atoms with Crippen molar-refractivity contribution in [3.05, 3.63) is 12.5 Å². The molecule has 0 spiro atoms. The number of hydrogen-bond acceptors (Lipinski definition) is 6. The van der Waals surface area contributed by atoms with Gasteiger partial charge in [-0.15, -0.1) is 0 Å². The molecule has 1 aliphatic rings. The van der Waals surface area contributed by atoms with Crippen LogP contribution in [0.4, 0.5) is 5.82 Å². The SMILES string of the molecule is N#CCCn1ncc2c(NC[C@H]3CCOC3)ncnc21. The average molecular weight is 272 g/mol. The van der Waals surface area contributed by atoms with Crippen LogP contribution in [0, 0.1) is 17.2 Å². The zero-order valence-electron chi connectivity index (χ0n) is 11.1. The van der Waals surface area contributed by atoms with Gasteiger partial charge in [0.2, 0.25) is 0 Å². The van der Waals surface area contributed by atoms with Gasteiger partial charge in [-0.05, 0) is 6.42 Å². The van der Waals surface area contributed by atoms with E-state index in [0.717, 1.165) is 43.0 Å². The van der Waals surface area contributed by atoms with E-state index >= 15 is 0 Å². The predicted octanol–water partition coefficient (Wildman–Crippen LogP) is 1.19. The molecule has 0 aliphatic carbocycles. The van der Waals surface area contributed by atoms with Crippen molar-refractivity contribution in [2.45, 2.75) is 19.4 Å². The van der Waals surface area contributed by atoms with Gasteiger partial charge in [-0.25, -0.2) is 14.6 Å². The second kappa shape index (κ2) is 5.84. The Labute approximate surface area is 116 Å². The van der Waals surface area contributed by atoms with Gasteiger partial charge in [0.1, 0.15) is 12.1 Å². The van der Waals surface area contributed by atoms with Crippen LogP contribution in [0.2, 0.25) is 0 Å². The Bertz CT molecular complexity index is 625. The molecule has 1 N–H and O–H groups in total. The zero-order valence-corrected chi connectivity index (χ0v) is 11.1. The number of nitriles is 1. The van der Waals surface area contributed by atoms with Crippen LogP contribution in [0.15, 0.2) is 12.5 Å². The van der Waals surface area contributed by atoms with Gasteiger partial charge >= 0.3 is 0 Å². The monoisotopic (exact) mass is 272 g/mol. The van der Waals surface area contributed by atoms with Crippen LogP contribution in [0.25, 0.3) is 11.0 Å². The summed E-state index contributed by atoms with van der Waals surface area (Å²) >= 11 is 0. The van der Waals surface area contributed by atoms with E-state index in [1.807, 2.05) is 0 Å². The number of nitrogens with zero attached hydrogens (tertiary/aromatic N) is 5. The minimum Gasteiger partial charge on any atom is -0.381 e. The van der Waals surface area contributed by atoms with Gasteiger partial charge in [0.25, 0.3) is 0 Å². The normalized spacial score (nSPS) is 18.2. The molecule has 7 heteroatoms. The number of aromatic nitrogens is 4. The first kappa shape index (κ1) is 12.8. The lowest BCUT2D eigenvalue weighted by molar-refractivity contribution is 0.187. The van der Waals surface area contributed by atoms with Crippen LogP contribution in [0.5, 0.6) is 0 Å². The summed E-state index contributed by atoms with van der Waals surface area (Å²) in [5, 5.41) is 17.2. The Balaban J connectivity index is 1.77. The summed E-state index contributed by atoms with van der Waals surface area (Å²) in [6, 6.07) is 2.11. The van der Waals surface area contributed by atoms with E-state index in [1.54, 1.807) is 10.9 Å². The van der Waals surface area contributed by atoms with E-state index in [1.165, 1.54) is 6.33 Å². The lowest BCUT2D eigenvalue weighted by atomic mass is 10.1. The van der Waals surface area contributed by atoms with Crippen molar-refractivity contribution in [2.24, 2.45) is 5.92 Å². The van der Waals surface area contributed by atoms with Crippen molar-refractivity contribution in [3.63, 3.8) is 0 Å². The van der Waals surface area contributed by atoms with E-state index < -0.39 is 0 Å². The van der Waals surface area contributed by atoms with Gasteiger partial charge in [0, 0.05) is 19.1 Å². The molecule has 7 nitrogen and oxygen atoms in total. The van der Waals surface area contributed by atoms with E-state index in [9.17, 15) is 0 Å². The Kier molecular flexibility index (Phi) is 3.74. The maximum absolute atomic E-state index is 8.65. The Morgan fingerprint density at radius 3 is 3.25 bits per heavy atom. The van der Waals surface area contributed by atoms with Crippen LogP contribution in [-0.2, 0) is 11.3 Å². The first-order valence-electron chi connectivity index (χ1n) is 6.73. The minimum absolute atomic E-state index is 0.420. The highest BCUT2D eigenvalue weighted by Crippen LogP contribution is 2.20. The maximum Gasteiger partial charge on any atom is 0.163 e. The molecule has 1 saturated heterocycles. The molecule has 1 atom stereocenters. The van der Waals surface area contributed by atoms with Gasteiger partial charge in [-0.1, -0.05) is 0 Å². The van der Waals surface area contributed by atoms with Gasteiger partial charge in [-0.3, -0.25) is 0 Å². The van der Waals surface area contributed by atoms with Crippen molar-refractivity contribution in [2.75, 3.05) is 25.1 Å². The van der Waals surface area contributed by atoms with Crippen LogP contribution in [0.1, 0.15) is 12.8 Å².